The van der Waals surface area contributed by atoms with Crippen molar-refractivity contribution in [3.8, 4) is 0 Å². The molecule has 0 aromatic heterocycles. The first-order chi connectivity index (χ1) is 8.00. The molecule has 2 atom stereocenters. The van der Waals surface area contributed by atoms with Crippen molar-refractivity contribution in [2.24, 2.45) is 0 Å². The second kappa shape index (κ2) is 8.48. The minimum atomic E-state index is -0.641. The van der Waals surface area contributed by atoms with Gasteiger partial charge in [-0.25, -0.2) is 0 Å². The third kappa shape index (κ3) is 6.03. The van der Waals surface area contributed by atoms with Gasteiger partial charge in [-0.1, -0.05) is 13.8 Å². The average molecular weight is 245 g/mol. The van der Waals surface area contributed by atoms with Crippen LogP contribution in [0.15, 0.2) is 0 Å². The molecular weight excluding hydrogens is 218 g/mol. The number of nitrogens with one attached hydrogen (secondary N) is 1. The van der Waals surface area contributed by atoms with Gasteiger partial charge in [0.05, 0.1) is 13.2 Å². The number of carbonyl (C=O) groups excluding carboxylic acids is 1. The minimum Gasteiger partial charge on any atom is -0.468 e. The first-order valence-electron chi connectivity index (χ1n) is 6.45. The number of ether oxygens (including phenoxy) is 2. The third-order valence-corrected chi connectivity index (χ3v) is 2.98. The lowest BCUT2D eigenvalue weighted by Gasteiger charge is -2.28. The Balaban J connectivity index is 4.23. The Kier molecular flexibility index (Phi) is 8.17. The summed E-state index contributed by atoms with van der Waals surface area (Å²) < 4.78 is 10.5. The summed E-state index contributed by atoms with van der Waals surface area (Å²) in [4.78, 5) is 11.7. The Morgan fingerprint density at radius 1 is 1.41 bits per heavy atom. The van der Waals surface area contributed by atoms with Gasteiger partial charge in [0.2, 0.25) is 0 Å². The zero-order valence-electron chi connectivity index (χ0n) is 11.8. The summed E-state index contributed by atoms with van der Waals surface area (Å²) in [5.74, 6) is -0.223. The Morgan fingerprint density at radius 3 is 2.53 bits per heavy atom. The fourth-order valence-corrected chi connectivity index (χ4v) is 1.47. The lowest BCUT2D eigenvalue weighted by Crippen LogP contribution is -2.51. The third-order valence-electron chi connectivity index (χ3n) is 2.98. The van der Waals surface area contributed by atoms with Crippen LogP contribution in [-0.4, -0.2) is 37.9 Å². The molecular formula is C13H27NO3. The topological polar surface area (TPSA) is 47.6 Å². The van der Waals surface area contributed by atoms with E-state index in [2.05, 4.69) is 19.2 Å². The van der Waals surface area contributed by atoms with E-state index in [9.17, 15) is 4.79 Å². The Hall–Kier alpha value is -0.610. The molecule has 4 nitrogen and oxygen atoms in total. The second-order valence-corrected chi connectivity index (χ2v) is 4.59. The van der Waals surface area contributed by atoms with Crippen molar-refractivity contribution in [2.75, 3.05) is 20.3 Å². The molecule has 0 amide bonds. The van der Waals surface area contributed by atoms with Gasteiger partial charge in [-0.3, -0.25) is 4.79 Å². The van der Waals surface area contributed by atoms with Crippen LogP contribution in [0.4, 0.5) is 0 Å². The number of rotatable bonds is 9. The molecule has 0 radical (unpaired) electrons. The molecule has 0 spiro atoms. The molecule has 0 aliphatic carbocycles. The molecule has 0 rings (SSSR count). The largest absolute Gasteiger partial charge is 0.468 e. The smallest absolute Gasteiger partial charge is 0.325 e. The fourth-order valence-electron chi connectivity index (χ4n) is 1.47. The fraction of sp³-hybridized carbons (Fsp3) is 0.923. The summed E-state index contributed by atoms with van der Waals surface area (Å²) in [5, 5.41) is 3.23. The average Bonchev–Trinajstić information content (AvgIpc) is 2.34. The van der Waals surface area contributed by atoms with E-state index >= 15 is 0 Å². The van der Waals surface area contributed by atoms with E-state index in [-0.39, 0.29) is 12.1 Å². The first-order valence-corrected chi connectivity index (χ1v) is 6.45. The van der Waals surface area contributed by atoms with E-state index in [1.165, 1.54) is 7.11 Å². The highest BCUT2D eigenvalue weighted by molar-refractivity contribution is 5.80. The van der Waals surface area contributed by atoms with Gasteiger partial charge in [0.1, 0.15) is 5.54 Å². The molecule has 0 saturated heterocycles. The van der Waals surface area contributed by atoms with Crippen molar-refractivity contribution in [2.45, 2.75) is 58.6 Å². The van der Waals surface area contributed by atoms with Crippen LogP contribution in [0.25, 0.3) is 0 Å². The van der Waals surface area contributed by atoms with Crippen LogP contribution in [0.2, 0.25) is 0 Å². The van der Waals surface area contributed by atoms with Crippen LogP contribution in [0.5, 0.6) is 0 Å². The highest BCUT2D eigenvalue weighted by Gasteiger charge is 2.33. The lowest BCUT2D eigenvalue weighted by atomic mass is 9.98. The summed E-state index contributed by atoms with van der Waals surface area (Å²) >= 11 is 0. The highest BCUT2D eigenvalue weighted by Crippen LogP contribution is 2.13. The maximum absolute atomic E-state index is 11.7. The van der Waals surface area contributed by atoms with Crippen molar-refractivity contribution in [1.29, 1.82) is 0 Å². The van der Waals surface area contributed by atoms with Crippen molar-refractivity contribution in [3.63, 3.8) is 0 Å². The maximum Gasteiger partial charge on any atom is 0.325 e. The van der Waals surface area contributed by atoms with Gasteiger partial charge in [-0.15, -0.1) is 0 Å². The molecule has 0 bridgehead atoms. The molecule has 4 heteroatoms. The number of carbonyl (C=O) groups is 1. The molecule has 2 unspecified atom stereocenters. The van der Waals surface area contributed by atoms with E-state index in [1.54, 1.807) is 0 Å². The van der Waals surface area contributed by atoms with E-state index < -0.39 is 5.54 Å². The summed E-state index contributed by atoms with van der Waals surface area (Å²) in [7, 11) is 1.42. The molecule has 0 aliphatic heterocycles. The molecule has 0 aromatic rings. The van der Waals surface area contributed by atoms with E-state index in [4.69, 9.17) is 9.47 Å². The standard InChI is InChI=1S/C13H27NO3/c1-6-9-14-13(4,12(15)16-5)8-10-17-11(3)7-2/h11,14H,6-10H2,1-5H3. The van der Waals surface area contributed by atoms with Gasteiger partial charge in [-0.05, 0) is 39.7 Å². The predicted molar refractivity (Wildman–Crippen MR) is 69.0 cm³/mol. The molecule has 0 aromatic carbocycles. The Morgan fingerprint density at radius 2 is 2.06 bits per heavy atom. The van der Waals surface area contributed by atoms with Crippen LogP contribution >= 0.6 is 0 Å². The second-order valence-electron chi connectivity index (χ2n) is 4.59. The van der Waals surface area contributed by atoms with Crippen LogP contribution in [0.1, 0.15) is 47.0 Å². The van der Waals surface area contributed by atoms with E-state index in [0.717, 1.165) is 19.4 Å². The molecule has 1 N–H and O–H groups in total. The van der Waals surface area contributed by atoms with Crippen molar-refractivity contribution in [1.82, 2.24) is 5.32 Å². The molecule has 0 fully saturated rings. The predicted octanol–water partition coefficient (Wildman–Crippen LogP) is 2.12. The maximum atomic E-state index is 11.7. The van der Waals surface area contributed by atoms with Crippen LogP contribution in [0.3, 0.4) is 0 Å². The summed E-state index contributed by atoms with van der Waals surface area (Å²) in [6.07, 6.45) is 2.84. The number of methoxy groups -OCH3 is 1. The lowest BCUT2D eigenvalue weighted by molar-refractivity contribution is -0.149. The van der Waals surface area contributed by atoms with E-state index in [0.29, 0.717) is 13.0 Å². The zero-order valence-corrected chi connectivity index (χ0v) is 11.8. The highest BCUT2D eigenvalue weighted by atomic mass is 16.5. The van der Waals surface area contributed by atoms with Crippen molar-refractivity contribution >= 4 is 5.97 Å². The molecule has 17 heavy (non-hydrogen) atoms. The molecule has 0 saturated carbocycles. The van der Waals surface area contributed by atoms with E-state index in [1.807, 2.05) is 13.8 Å². The zero-order chi connectivity index (χ0) is 13.3. The Labute approximate surface area is 105 Å². The quantitative estimate of drug-likeness (QED) is 0.632. The summed E-state index contributed by atoms with van der Waals surface area (Å²) in [6.45, 7) is 9.43. The van der Waals surface area contributed by atoms with Crippen LogP contribution < -0.4 is 5.32 Å². The normalized spacial score (nSPS) is 16.3. The minimum absolute atomic E-state index is 0.223. The number of esters is 1. The monoisotopic (exact) mass is 245 g/mol. The van der Waals surface area contributed by atoms with Crippen LogP contribution in [0, 0.1) is 0 Å². The molecule has 0 heterocycles. The van der Waals surface area contributed by atoms with Crippen molar-refractivity contribution in [3.05, 3.63) is 0 Å². The van der Waals surface area contributed by atoms with Gasteiger partial charge >= 0.3 is 5.97 Å². The van der Waals surface area contributed by atoms with Gasteiger partial charge in [0.15, 0.2) is 0 Å². The first kappa shape index (κ1) is 16.4. The van der Waals surface area contributed by atoms with Crippen LogP contribution in [-0.2, 0) is 14.3 Å². The summed E-state index contributed by atoms with van der Waals surface area (Å²) in [5.41, 5.74) is -0.641. The van der Waals surface area contributed by atoms with Gasteiger partial charge in [-0.2, -0.15) is 0 Å². The Bertz CT molecular complexity index is 221. The number of hydrogen-bond donors (Lipinski definition) is 1. The SMILES string of the molecule is CCCNC(C)(CCOC(C)CC)C(=O)OC. The molecule has 102 valence electrons. The summed E-state index contributed by atoms with van der Waals surface area (Å²) in [6, 6.07) is 0. The number of hydrogen-bond acceptors (Lipinski definition) is 4. The van der Waals surface area contributed by atoms with Crippen molar-refractivity contribution < 1.29 is 14.3 Å². The van der Waals surface area contributed by atoms with Gasteiger partial charge in [0.25, 0.3) is 0 Å². The molecule has 0 aliphatic rings. The van der Waals surface area contributed by atoms with Gasteiger partial charge < -0.3 is 14.8 Å². The van der Waals surface area contributed by atoms with Gasteiger partial charge in [0, 0.05) is 6.61 Å².